The Kier molecular flexibility index (Phi) is 4.36. The Labute approximate surface area is 142 Å². The van der Waals surface area contributed by atoms with Gasteiger partial charge in [0.25, 0.3) is 0 Å². The summed E-state index contributed by atoms with van der Waals surface area (Å²) in [6, 6.07) is 9.18. The Bertz CT molecular complexity index is 783. The number of nitrogens with one attached hydrogen (secondary N) is 3. The Morgan fingerprint density at radius 1 is 1.25 bits per heavy atom. The van der Waals surface area contributed by atoms with E-state index in [-0.39, 0.29) is 6.04 Å². The second kappa shape index (κ2) is 6.79. The molecule has 24 heavy (non-hydrogen) atoms. The molecule has 0 amide bonds. The third kappa shape index (κ3) is 3.37. The molecule has 3 N–H and O–H groups in total. The van der Waals surface area contributed by atoms with E-state index in [4.69, 9.17) is 0 Å². The highest BCUT2D eigenvalue weighted by Crippen LogP contribution is 2.20. The lowest BCUT2D eigenvalue weighted by Crippen LogP contribution is -2.19. The molecule has 4 rings (SSSR count). The van der Waals surface area contributed by atoms with E-state index in [1.807, 2.05) is 6.20 Å². The summed E-state index contributed by atoms with van der Waals surface area (Å²) in [4.78, 5) is 13.5. The van der Waals surface area contributed by atoms with E-state index in [1.54, 1.807) is 6.20 Å². The summed E-state index contributed by atoms with van der Waals surface area (Å²) in [5, 5.41) is 4.82. The smallest absolute Gasteiger partial charge is 0.122 e. The van der Waals surface area contributed by atoms with E-state index in [0.717, 1.165) is 18.9 Å². The van der Waals surface area contributed by atoms with E-state index >= 15 is 0 Å². The first-order chi connectivity index (χ1) is 11.8. The fourth-order valence-corrected chi connectivity index (χ4v) is 3.50. The summed E-state index contributed by atoms with van der Waals surface area (Å²) in [6.45, 7) is 6.47. The van der Waals surface area contributed by atoms with Crippen LogP contribution in [0, 0.1) is 0 Å². The number of fused-ring (bicyclic) bond motifs is 1. The summed E-state index contributed by atoms with van der Waals surface area (Å²) in [5.41, 5.74) is 3.85. The fraction of sp³-hybridized carbons (Fsp3) is 0.421. The Balaban J connectivity index is 1.42. The van der Waals surface area contributed by atoms with Crippen molar-refractivity contribution >= 4 is 10.9 Å². The normalized spacial score (nSPS) is 16.9. The quantitative estimate of drug-likeness (QED) is 0.652. The number of aromatic nitrogens is 3. The largest absolute Gasteiger partial charge is 0.357 e. The predicted molar refractivity (Wildman–Crippen MR) is 96.7 cm³/mol. The molecule has 1 atom stereocenters. The van der Waals surface area contributed by atoms with Crippen LogP contribution >= 0.6 is 0 Å². The van der Waals surface area contributed by atoms with Crippen molar-refractivity contribution in [2.24, 2.45) is 0 Å². The second-order valence-electron chi connectivity index (χ2n) is 6.78. The molecule has 5 heteroatoms. The molecular formula is C19H25N5. The maximum Gasteiger partial charge on any atom is 0.122 e. The number of hydrogen-bond donors (Lipinski definition) is 3. The van der Waals surface area contributed by atoms with Crippen LogP contribution in [0.4, 0.5) is 0 Å². The highest BCUT2D eigenvalue weighted by atomic mass is 15.1. The summed E-state index contributed by atoms with van der Waals surface area (Å²) < 4.78 is 0. The van der Waals surface area contributed by atoms with Gasteiger partial charge in [0, 0.05) is 42.1 Å². The zero-order valence-electron chi connectivity index (χ0n) is 14.2. The summed E-state index contributed by atoms with van der Waals surface area (Å²) in [5.74, 6) is 0.977. The van der Waals surface area contributed by atoms with E-state index in [1.165, 1.54) is 48.1 Å². The fourth-order valence-electron chi connectivity index (χ4n) is 3.50. The lowest BCUT2D eigenvalue weighted by atomic mass is 10.1. The molecule has 0 saturated carbocycles. The monoisotopic (exact) mass is 323 g/mol. The van der Waals surface area contributed by atoms with E-state index < -0.39 is 0 Å². The molecule has 1 aliphatic rings. The maximum atomic E-state index is 4.30. The molecule has 126 valence electrons. The van der Waals surface area contributed by atoms with Gasteiger partial charge in [-0.2, -0.15) is 0 Å². The Morgan fingerprint density at radius 3 is 2.92 bits per heavy atom. The Morgan fingerprint density at radius 2 is 2.12 bits per heavy atom. The van der Waals surface area contributed by atoms with Gasteiger partial charge in [-0.3, -0.25) is 4.90 Å². The van der Waals surface area contributed by atoms with Crippen LogP contribution in [0.5, 0.6) is 0 Å². The molecule has 2 aromatic heterocycles. The Hall–Kier alpha value is -2.11. The van der Waals surface area contributed by atoms with Crippen molar-refractivity contribution < 1.29 is 0 Å². The minimum Gasteiger partial charge on any atom is -0.357 e. The third-order valence-electron chi connectivity index (χ3n) is 4.88. The minimum atomic E-state index is 0.215. The van der Waals surface area contributed by atoms with Gasteiger partial charge in [0.05, 0.1) is 6.04 Å². The van der Waals surface area contributed by atoms with Crippen LogP contribution in [-0.4, -0.2) is 32.9 Å². The molecule has 0 aliphatic carbocycles. The molecule has 1 saturated heterocycles. The first-order valence-corrected chi connectivity index (χ1v) is 8.83. The van der Waals surface area contributed by atoms with Crippen LogP contribution in [0.1, 0.15) is 42.9 Å². The molecule has 1 unspecified atom stereocenters. The van der Waals surface area contributed by atoms with Crippen molar-refractivity contribution in [3.05, 3.63) is 53.7 Å². The lowest BCUT2D eigenvalue weighted by Gasteiger charge is -2.12. The lowest BCUT2D eigenvalue weighted by molar-refractivity contribution is 0.328. The average molecular weight is 323 g/mol. The highest BCUT2D eigenvalue weighted by Gasteiger charge is 2.13. The maximum absolute atomic E-state index is 4.30. The number of benzene rings is 1. The standard InChI is InChI=1S/C19H25N5/c1-14(19-20-6-7-21-19)22-12-15-4-5-18-16(10-15)11-17(23-18)13-24-8-2-3-9-24/h4-7,10-11,14,22-23H,2-3,8-9,12-13H2,1H3,(H,20,21). The van der Waals surface area contributed by atoms with Gasteiger partial charge in [0.2, 0.25) is 0 Å². The van der Waals surface area contributed by atoms with E-state index in [2.05, 4.69) is 56.4 Å². The summed E-state index contributed by atoms with van der Waals surface area (Å²) in [6.07, 6.45) is 6.33. The van der Waals surface area contributed by atoms with Gasteiger partial charge < -0.3 is 15.3 Å². The van der Waals surface area contributed by atoms with Crippen molar-refractivity contribution in [2.45, 2.75) is 38.9 Å². The van der Waals surface area contributed by atoms with Gasteiger partial charge in [-0.15, -0.1) is 0 Å². The van der Waals surface area contributed by atoms with Gasteiger partial charge in [-0.25, -0.2) is 4.98 Å². The zero-order chi connectivity index (χ0) is 16.4. The number of imidazole rings is 1. The van der Waals surface area contributed by atoms with Crippen molar-refractivity contribution in [3.63, 3.8) is 0 Å². The van der Waals surface area contributed by atoms with Crippen LogP contribution < -0.4 is 5.32 Å². The number of H-pyrrole nitrogens is 2. The molecule has 1 aromatic carbocycles. The summed E-state index contributed by atoms with van der Waals surface area (Å²) in [7, 11) is 0. The van der Waals surface area contributed by atoms with Crippen LogP contribution in [0.3, 0.4) is 0 Å². The van der Waals surface area contributed by atoms with Gasteiger partial charge in [-0.1, -0.05) is 6.07 Å². The minimum absolute atomic E-state index is 0.215. The third-order valence-corrected chi connectivity index (χ3v) is 4.88. The first-order valence-electron chi connectivity index (χ1n) is 8.83. The predicted octanol–water partition coefficient (Wildman–Crippen LogP) is 3.34. The molecule has 1 aliphatic heterocycles. The SMILES string of the molecule is CC(NCc1ccc2[nH]c(CN3CCCC3)cc2c1)c1ncc[nH]1. The molecule has 3 aromatic rings. The molecular weight excluding hydrogens is 298 g/mol. The van der Waals surface area contributed by atoms with Gasteiger partial charge in [0.1, 0.15) is 5.82 Å². The number of hydrogen-bond acceptors (Lipinski definition) is 3. The molecule has 3 heterocycles. The van der Waals surface area contributed by atoms with Gasteiger partial charge >= 0.3 is 0 Å². The van der Waals surface area contributed by atoms with Crippen molar-refractivity contribution in [2.75, 3.05) is 13.1 Å². The van der Waals surface area contributed by atoms with E-state index in [0.29, 0.717) is 0 Å². The van der Waals surface area contributed by atoms with Crippen molar-refractivity contribution in [1.29, 1.82) is 0 Å². The number of nitrogens with zero attached hydrogens (tertiary/aromatic N) is 2. The molecule has 5 nitrogen and oxygen atoms in total. The molecule has 0 bridgehead atoms. The van der Waals surface area contributed by atoms with Gasteiger partial charge in [-0.05, 0) is 56.6 Å². The molecule has 0 spiro atoms. The van der Waals surface area contributed by atoms with Crippen LogP contribution in [-0.2, 0) is 13.1 Å². The van der Waals surface area contributed by atoms with Crippen molar-refractivity contribution in [3.8, 4) is 0 Å². The molecule has 0 radical (unpaired) electrons. The average Bonchev–Trinajstić information content (AvgIpc) is 3.33. The second-order valence-corrected chi connectivity index (χ2v) is 6.78. The van der Waals surface area contributed by atoms with Crippen LogP contribution in [0.15, 0.2) is 36.7 Å². The van der Waals surface area contributed by atoms with E-state index in [9.17, 15) is 0 Å². The zero-order valence-corrected chi connectivity index (χ0v) is 14.2. The van der Waals surface area contributed by atoms with Crippen molar-refractivity contribution in [1.82, 2.24) is 25.2 Å². The molecule has 1 fully saturated rings. The van der Waals surface area contributed by atoms with Crippen LogP contribution in [0.25, 0.3) is 10.9 Å². The number of aromatic amines is 2. The first kappa shape index (κ1) is 15.4. The summed E-state index contributed by atoms with van der Waals surface area (Å²) >= 11 is 0. The van der Waals surface area contributed by atoms with Crippen LogP contribution in [0.2, 0.25) is 0 Å². The number of rotatable bonds is 6. The number of likely N-dealkylation sites (tertiary alicyclic amines) is 1. The highest BCUT2D eigenvalue weighted by molar-refractivity contribution is 5.81. The van der Waals surface area contributed by atoms with Gasteiger partial charge in [0.15, 0.2) is 0 Å². The topological polar surface area (TPSA) is 59.7 Å².